The number of thiophene rings is 1. The number of benzene rings is 1. The minimum absolute atomic E-state index is 0.0506. The first-order valence-corrected chi connectivity index (χ1v) is 9.98. The highest BCUT2D eigenvalue weighted by atomic mass is 32.1. The number of rotatable bonds is 8. The second-order valence-electron chi connectivity index (χ2n) is 6.64. The summed E-state index contributed by atoms with van der Waals surface area (Å²) in [5.74, 6) is -0.443. The molecule has 0 radical (unpaired) electrons. The van der Waals surface area contributed by atoms with Crippen molar-refractivity contribution in [3.8, 4) is 0 Å². The molecule has 0 bridgehead atoms. The van der Waals surface area contributed by atoms with Crippen LogP contribution in [0, 0.1) is 0 Å². The maximum atomic E-state index is 12.5. The molecule has 6 nitrogen and oxygen atoms in total. The van der Waals surface area contributed by atoms with Crippen LogP contribution in [0.25, 0.3) is 0 Å². The van der Waals surface area contributed by atoms with Gasteiger partial charge in [0.15, 0.2) is 6.54 Å². The number of nitrogens with one attached hydrogen (secondary N) is 2. The molecule has 1 aliphatic rings. The lowest BCUT2D eigenvalue weighted by Gasteiger charge is -2.21. The lowest BCUT2D eigenvalue weighted by atomic mass is 10.2. The van der Waals surface area contributed by atoms with E-state index in [1.807, 2.05) is 6.07 Å². The van der Waals surface area contributed by atoms with Crippen LogP contribution in [-0.4, -0.2) is 44.8 Å². The van der Waals surface area contributed by atoms with E-state index < -0.39 is 5.97 Å². The van der Waals surface area contributed by atoms with Crippen molar-refractivity contribution in [2.75, 3.05) is 32.1 Å². The van der Waals surface area contributed by atoms with Crippen molar-refractivity contribution in [3.63, 3.8) is 0 Å². The number of ether oxygens (including phenoxy) is 2. The summed E-state index contributed by atoms with van der Waals surface area (Å²) in [6, 6.07) is 10.8. The fraction of sp³-hybridized carbons (Fsp3) is 0.400. The summed E-state index contributed by atoms with van der Waals surface area (Å²) in [5.41, 5.74) is 1.12. The maximum Gasteiger partial charge on any atom is 0.337 e. The molecule has 3 rings (SSSR count). The molecular formula is C20H25N2O4S+. The van der Waals surface area contributed by atoms with Gasteiger partial charge in [0.1, 0.15) is 19.2 Å². The number of quaternary nitrogens is 1. The number of hydrogen-bond donors (Lipinski definition) is 2. The third kappa shape index (κ3) is 5.89. The summed E-state index contributed by atoms with van der Waals surface area (Å²) in [5, 5.41) is 4.97. The number of amides is 1. The molecule has 2 heterocycles. The molecule has 2 aromatic rings. The molecule has 2 N–H and O–H groups in total. The summed E-state index contributed by atoms with van der Waals surface area (Å²) < 4.78 is 10.4. The Labute approximate surface area is 163 Å². The van der Waals surface area contributed by atoms with Crippen LogP contribution in [0.15, 0.2) is 41.8 Å². The first-order valence-electron chi connectivity index (χ1n) is 9.10. The van der Waals surface area contributed by atoms with Gasteiger partial charge in [0.2, 0.25) is 0 Å². The van der Waals surface area contributed by atoms with Crippen LogP contribution in [0.2, 0.25) is 0 Å². The predicted octanol–water partition coefficient (Wildman–Crippen LogP) is 1.74. The highest BCUT2D eigenvalue weighted by Gasteiger charge is 2.24. The molecule has 144 valence electrons. The summed E-state index contributed by atoms with van der Waals surface area (Å²) in [7, 11) is 1.34. The zero-order chi connectivity index (χ0) is 19.1. The molecule has 27 heavy (non-hydrogen) atoms. The molecule has 1 fully saturated rings. The van der Waals surface area contributed by atoms with Crippen molar-refractivity contribution >= 4 is 28.9 Å². The summed E-state index contributed by atoms with van der Waals surface area (Å²) in [6.45, 7) is 2.82. The summed E-state index contributed by atoms with van der Waals surface area (Å²) in [4.78, 5) is 26.5. The first-order chi connectivity index (χ1) is 13.1. The molecule has 1 amide bonds. The Morgan fingerprint density at radius 1 is 1.30 bits per heavy atom. The van der Waals surface area contributed by atoms with Gasteiger partial charge in [0, 0.05) is 12.3 Å². The van der Waals surface area contributed by atoms with Crippen LogP contribution in [0.5, 0.6) is 0 Å². The zero-order valence-corrected chi connectivity index (χ0v) is 16.2. The third-order valence-electron chi connectivity index (χ3n) is 4.54. The smallest absolute Gasteiger partial charge is 0.337 e. The SMILES string of the molecule is COC(=O)c1ccc(NC(=O)C[NH+](Cc2cccs2)C[C@H]2CCCO2)cc1. The van der Waals surface area contributed by atoms with Crippen LogP contribution in [0.4, 0.5) is 5.69 Å². The lowest BCUT2D eigenvalue weighted by molar-refractivity contribution is -0.908. The second-order valence-corrected chi connectivity index (χ2v) is 7.67. The zero-order valence-electron chi connectivity index (χ0n) is 15.4. The van der Waals surface area contributed by atoms with Crippen LogP contribution in [0.3, 0.4) is 0 Å². The summed E-state index contributed by atoms with van der Waals surface area (Å²) >= 11 is 1.71. The van der Waals surface area contributed by atoms with Gasteiger partial charge in [-0.05, 0) is 48.6 Å². The Morgan fingerprint density at radius 2 is 2.11 bits per heavy atom. The molecule has 0 aliphatic carbocycles. The standard InChI is InChI=1S/C20H24N2O4S/c1-25-20(24)15-6-8-16(9-7-15)21-19(23)14-22(12-17-4-2-10-26-17)13-18-5-3-11-27-18/h3,5-9,11,17H,2,4,10,12-14H2,1H3,(H,21,23)/p+1/t17-/m1/s1. The monoisotopic (exact) mass is 389 g/mol. The van der Waals surface area contributed by atoms with Gasteiger partial charge in [-0.1, -0.05) is 6.07 Å². The Bertz CT molecular complexity index is 740. The Balaban J connectivity index is 1.58. The summed E-state index contributed by atoms with van der Waals surface area (Å²) in [6.07, 6.45) is 2.38. The molecule has 1 saturated heterocycles. The van der Waals surface area contributed by atoms with Gasteiger partial charge in [-0.2, -0.15) is 0 Å². The van der Waals surface area contributed by atoms with Gasteiger partial charge in [0.05, 0.1) is 17.6 Å². The van der Waals surface area contributed by atoms with Crippen molar-refractivity contribution in [3.05, 3.63) is 52.2 Å². The lowest BCUT2D eigenvalue weighted by Crippen LogP contribution is -3.12. The van der Waals surface area contributed by atoms with Gasteiger partial charge in [-0.25, -0.2) is 4.79 Å². The molecule has 1 aromatic carbocycles. The van der Waals surface area contributed by atoms with Crippen LogP contribution in [0.1, 0.15) is 28.1 Å². The van der Waals surface area contributed by atoms with E-state index in [2.05, 4.69) is 21.5 Å². The van der Waals surface area contributed by atoms with Crippen molar-refractivity contribution in [2.45, 2.75) is 25.5 Å². The van der Waals surface area contributed by atoms with E-state index in [1.165, 1.54) is 16.9 Å². The fourth-order valence-electron chi connectivity index (χ4n) is 3.23. The quantitative estimate of drug-likeness (QED) is 0.675. The second kappa shape index (κ2) is 9.64. The van der Waals surface area contributed by atoms with E-state index >= 15 is 0 Å². The largest absolute Gasteiger partial charge is 0.465 e. The Morgan fingerprint density at radius 3 is 2.74 bits per heavy atom. The van der Waals surface area contributed by atoms with E-state index in [1.54, 1.807) is 35.6 Å². The molecule has 1 aliphatic heterocycles. The Kier molecular flexibility index (Phi) is 6.98. The molecule has 1 aromatic heterocycles. The number of esters is 1. The molecule has 7 heteroatoms. The van der Waals surface area contributed by atoms with Gasteiger partial charge in [0.25, 0.3) is 5.91 Å². The third-order valence-corrected chi connectivity index (χ3v) is 5.42. The van der Waals surface area contributed by atoms with Gasteiger partial charge in [-0.3, -0.25) is 4.79 Å². The molecule has 2 atom stereocenters. The minimum Gasteiger partial charge on any atom is -0.465 e. The minimum atomic E-state index is -0.393. The van der Waals surface area contributed by atoms with E-state index in [-0.39, 0.29) is 12.0 Å². The average Bonchev–Trinajstić information content (AvgIpc) is 3.36. The van der Waals surface area contributed by atoms with E-state index in [9.17, 15) is 9.59 Å². The highest BCUT2D eigenvalue weighted by Crippen LogP contribution is 2.12. The van der Waals surface area contributed by atoms with Crippen LogP contribution >= 0.6 is 11.3 Å². The normalized spacial score (nSPS) is 17.4. The topological polar surface area (TPSA) is 69.1 Å². The number of carbonyl (C=O) groups is 2. The molecule has 0 saturated carbocycles. The van der Waals surface area contributed by atoms with Crippen LogP contribution < -0.4 is 10.2 Å². The maximum absolute atomic E-state index is 12.5. The van der Waals surface area contributed by atoms with E-state index in [4.69, 9.17) is 4.74 Å². The van der Waals surface area contributed by atoms with Crippen molar-refractivity contribution in [1.82, 2.24) is 0 Å². The average molecular weight is 389 g/mol. The fourth-order valence-corrected chi connectivity index (χ4v) is 4.01. The number of carbonyl (C=O) groups excluding carboxylic acids is 2. The number of anilines is 1. The van der Waals surface area contributed by atoms with Gasteiger partial charge < -0.3 is 19.7 Å². The van der Waals surface area contributed by atoms with Gasteiger partial charge in [-0.15, -0.1) is 11.3 Å². The van der Waals surface area contributed by atoms with E-state index in [0.717, 1.165) is 32.5 Å². The predicted molar refractivity (Wildman–Crippen MR) is 104 cm³/mol. The van der Waals surface area contributed by atoms with Crippen molar-refractivity contribution < 1.29 is 24.0 Å². The van der Waals surface area contributed by atoms with Crippen LogP contribution in [-0.2, 0) is 20.8 Å². The number of hydrogen-bond acceptors (Lipinski definition) is 5. The first kappa shape index (κ1) is 19.5. The molecular weight excluding hydrogens is 364 g/mol. The highest BCUT2D eigenvalue weighted by molar-refractivity contribution is 7.09. The van der Waals surface area contributed by atoms with E-state index in [0.29, 0.717) is 17.8 Å². The van der Waals surface area contributed by atoms with Crippen molar-refractivity contribution in [1.29, 1.82) is 0 Å². The van der Waals surface area contributed by atoms with Gasteiger partial charge >= 0.3 is 5.97 Å². The Hall–Kier alpha value is -2.22. The molecule has 0 spiro atoms. The van der Waals surface area contributed by atoms with Crippen molar-refractivity contribution in [2.24, 2.45) is 0 Å². The number of methoxy groups -OCH3 is 1. The molecule has 1 unspecified atom stereocenters.